The van der Waals surface area contributed by atoms with Gasteiger partial charge >= 0.3 is 0 Å². The van der Waals surface area contributed by atoms with Crippen LogP contribution in [0.2, 0.25) is 0 Å². The Morgan fingerprint density at radius 2 is 1.92 bits per heavy atom. The van der Waals surface area contributed by atoms with Crippen molar-refractivity contribution in [2.45, 2.75) is 32.4 Å². The first-order chi connectivity index (χ1) is 12.0. The molecule has 0 saturated carbocycles. The van der Waals surface area contributed by atoms with Gasteiger partial charge in [0.25, 0.3) is 5.91 Å². The van der Waals surface area contributed by atoms with Crippen molar-refractivity contribution in [3.8, 4) is 5.75 Å². The molecule has 5 rings (SSSR count). The van der Waals surface area contributed by atoms with E-state index < -0.39 is 0 Å². The van der Waals surface area contributed by atoms with Crippen LogP contribution in [0.3, 0.4) is 0 Å². The maximum absolute atomic E-state index is 12.9. The Hall–Kier alpha value is -2.63. The first kappa shape index (κ1) is 15.9. The second-order valence-corrected chi connectivity index (χ2v) is 6.81. The maximum Gasteiger partial charge on any atom is 0.254 e. The molecule has 3 aliphatic heterocycles. The van der Waals surface area contributed by atoms with Crippen molar-refractivity contribution in [1.82, 2.24) is 14.9 Å². The number of benzene rings is 1. The SMILES string of the molecule is COc1cccc(C(=O)N2C3CC2CN(c2cc(C)nc(C)n2)C3)c1. The molecule has 25 heavy (non-hydrogen) atoms. The third kappa shape index (κ3) is 2.81. The van der Waals surface area contributed by atoms with Crippen LogP contribution in [0.1, 0.15) is 28.3 Å². The van der Waals surface area contributed by atoms with Gasteiger partial charge in [0.05, 0.1) is 19.2 Å². The summed E-state index contributed by atoms with van der Waals surface area (Å²) in [7, 11) is 1.62. The Balaban J connectivity index is 1.50. The second-order valence-electron chi connectivity index (χ2n) is 6.81. The first-order valence-electron chi connectivity index (χ1n) is 8.59. The molecule has 2 aromatic rings. The Morgan fingerprint density at radius 1 is 1.16 bits per heavy atom. The highest BCUT2D eigenvalue weighted by Gasteiger charge is 2.47. The minimum Gasteiger partial charge on any atom is -0.497 e. The highest BCUT2D eigenvalue weighted by molar-refractivity contribution is 5.95. The number of carbonyl (C=O) groups excluding carboxylic acids is 1. The minimum absolute atomic E-state index is 0.0925. The summed E-state index contributed by atoms with van der Waals surface area (Å²) in [6.45, 7) is 5.55. The second kappa shape index (κ2) is 6.02. The van der Waals surface area contributed by atoms with Gasteiger partial charge in [0, 0.05) is 30.4 Å². The molecule has 2 atom stereocenters. The molecule has 1 aromatic carbocycles. The molecule has 0 N–H and O–H groups in total. The van der Waals surface area contributed by atoms with Crippen LogP contribution in [-0.2, 0) is 0 Å². The summed E-state index contributed by atoms with van der Waals surface area (Å²) in [6.07, 6.45) is 1.06. The fraction of sp³-hybridized carbons (Fsp3) is 0.421. The summed E-state index contributed by atoms with van der Waals surface area (Å²) in [5.74, 6) is 2.56. The van der Waals surface area contributed by atoms with E-state index in [4.69, 9.17) is 4.74 Å². The number of carbonyl (C=O) groups is 1. The van der Waals surface area contributed by atoms with Crippen molar-refractivity contribution in [3.63, 3.8) is 0 Å². The molecule has 0 aliphatic carbocycles. The van der Waals surface area contributed by atoms with Crippen molar-refractivity contribution in [2.24, 2.45) is 0 Å². The zero-order valence-electron chi connectivity index (χ0n) is 14.8. The number of fused-ring (bicyclic) bond motifs is 2. The molecule has 6 heteroatoms. The minimum atomic E-state index is 0.0925. The number of anilines is 1. The fourth-order valence-corrected chi connectivity index (χ4v) is 3.89. The van der Waals surface area contributed by atoms with E-state index in [1.165, 1.54) is 0 Å². The lowest BCUT2D eigenvalue weighted by Crippen LogP contribution is -2.70. The number of nitrogens with zero attached hydrogens (tertiary/aromatic N) is 4. The fourth-order valence-electron chi connectivity index (χ4n) is 3.89. The van der Waals surface area contributed by atoms with E-state index in [0.29, 0.717) is 11.3 Å². The van der Waals surface area contributed by atoms with Crippen LogP contribution in [-0.4, -0.2) is 53.1 Å². The topological polar surface area (TPSA) is 58.6 Å². The van der Waals surface area contributed by atoms with Crippen LogP contribution in [0.25, 0.3) is 0 Å². The van der Waals surface area contributed by atoms with Gasteiger partial charge in [-0.1, -0.05) is 6.07 Å². The van der Waals surface area contributed by atoms with Gasteiger partial charge in [0.15, 0.2) is 0 Å². The quantitative estimate of drug-likeness (QED) is 0.859. The Labute approximate surface area is 147 Å². The van der Waals surface area contributed by atoms with E-state index in [9.17, 15) is 4.79 Å². The number of hydrogen-bond acceptors (Lipinski definition) is 5. The lowest BCUT2D eigenvalue weighted by molar-refractivity contribution is 0.00572. The van der Waals surface area contributed by atoms with E-state index >= 15 is 0 Å². The van der Waals surface area contributed by atoms with Crippen LogP contribution in [0.5, 0.6) is 5.75 Å². The van der Waals surface area contributed by atoms with Crippen LogP contribution in [0.15, 0.2) is 30.3 Å². The third-order valence-corrected chi connectivity index (χ3v) is 5.02. The van der Waals surface area contributed by atoms with Crippen LogP contribution in [0, 0.1) is 13.8 Å². The van der Waals surface area contributed by atoms with Crippen molar-refractivity contribution in [3.05, 3.63) is 47.4 Å². The van der Waals surface area contributed by atoms with Crippen LogP contribution < -0.4 is 9.64 Å². The molecule has 6 nitrogen and oxygen atoms in total. The normalized spacial score (nSPS) is 21.7. The molecule has 4 heterocycles. The molecule has 0 radical (unpaired) electrons. The number of aryl methyl sites for hydroxylation is 2. The summed E-state index contributed by atoms with van der Waals surface area (Å²) >= 11 is 0. The average Bonchev–Trinajstić information content (AvgIpc) is 2.61. The number of amides is 1. The molecule has 1 amide bonds. The first-order valence-corrected chi connectivity index (χ1v) is 8.59. The molecule has 0 spiro atoms. The molecule has 2 bridgehead atoms. The zero-order chi connectivity index (χ0) is 17.6. The standard InChI is InChI=1S/C19H22N4O2/c1-12-7-18(21-13(2)20-12)22-10-15-9-16(11-22)23(15)19(24)14-5-4-6-17(8-14)25-3/h4-8,15-16H,9-11H2,1-3H3. The van der Waals surface area contributed by atoms with E-state index in [0.717, 1.165) is 36.8 Å². The largest absolute Gasteiger partial charge is 0.497 e. The smallest absolute Gasteiger partial charge is 0.254 e. The van der Waals surface area contributed by atoms with E-state index in [-0.39, 0.29) is 18.0 Å². The van der Waals surface area contributed by atoms with Crippen molar-refractivity contribution >= 4 is 11.7 Å². The molecule has 3 aliphatic rings. The summed E-state index contributed by atoms with van der Waals surface area (Å²) in [5.41, 5.74) is 1.67. The monoisotopic (exact) mass is 338 g/mol. The highest BCUT2D eigenvalue weighted by Crippen LogP contribution is 2.35. The number of hydrogen-bond donors (Lipinski definition) is 0. The summed E-state index contributed by atoms with van der Waals surface area (Å²) in [4.78, 5) is 26.1. The van der Waals surface area contributed by atoms with E-state index in [1.807, 2.05) is 49.1 Å². The molecule has 3 saturated heterocycles. The summed E-state index contributed by atoms with van der Waals surface area (Å²) in [5, 5.41) is 0. The van der Waals surface area contributed by atoms with Gasteiger partial charge in [0.1, 0.15) is 17.4 Å². The van der Waals surface area contributed by atoms with Crippen molar-refractivity contribution in [1.29, 1.82) is 0 Å². The molecule has 1 aromatic heterocycles. The van der Waals surface area contributed by atoms with Gasteiger partial charge in [-0.25, -0.2) is 9.97 Å². The van der Waals surface area contributed by atoms with E-state index in [1.54, 1.807) is 7.11 Å². The lowest BCUT2D eigenvalue weighted by Gasteiger charge is -2.56. The highest BCUT2D eigenvalue weighted by atomic mass is 16.5. The summed E-state index contributed by atoms with van der Waals surface area (Å²) < 4.78 is 5.23. The molecular formula is C19H22N4O2. The van der Waals surface area contributed by atoms with Gasteiger partial charge in [-0.05, 0) is 38.5 Å². The number of aromatic nitrogens is 2. The lowest BCUT2D eigenvalue weighted by atomic mass is 9.86. The van der Waals surface area contributed by atoms with Gasteiger partial charge in [-0.3, -0.25) is 4.79 Å². The zero-order valence-corrected chi connectivity index (χ0v) is 14.8. The van der Waals surface area contributed by atoms with Gasteiger partial charge < -0.3 is 14.5 Å². The predicted molar refractivity (Wildman–Crippen MR) is 95.1 cm³/mol. The Bertz CT molecular complexity index is 791. The number of ether oxygens (including phenoxy) is 1. The molecule has 130 valence electrons. The van der Waals surface area contributed by atoms with Gasteiger partial charge in [0.2, 0.25) is 0 Å². The molecule has 2 unspecified atom stereocenters. The maximum atomic E-state index is 12.9. The number of rotatable bonds is 3. The van der Waals surface area contributed by atoms with Crippen LogP contribution >= 0.6 is 0 Å². The van der Waals surface area contributed by atoms with Crippen LogP contribution in [0.4, 0.5) is 5.82 Å². The Kier molecular flexibility index (Phi) is 3.82. The predicted octanol–water partition coefficient (Wildman–Crippen LogP) is 2.21. The average molecular weight is 338 g/mol. The number of piperidine rings is 1. The van der Waals surface area contributed by atoms with Gasteiger partial charge in [-0.2, -0.15) is 0 Å². The van der Waals surface area contributed by atoms with Crippen molar-refractivity contribution < 1.29 is 9.53 Å². The number of piperazine rings is 1. The van der Waals surface area contributed by atoms with Gasteiger partial charge in [-0.15, -0.1) is 0 Å². The molecular weight excluding hydrogens is 316 g/mol. The number of methoxy groups -OCH3 is 1. The Morgan fingerprint density at radius 3 is 2.60 bits per heavy atom. The third-order valence-electron chi connectivity index (χ3n) is 5.02. The summed E-state index contributed by atoms with van der Waals surface area (Å²) in [6, 6.07) is 9.89. The van der Waals surface area contributed by atoms with E-state index in [2.05, 4.69) is 14.9 Å². The molecule has 3 fully saturated rings. The van der Waals surface area contributed by atoms with Crippen molar-refractivity contribution in [2.75, 3.05) is 25.1 Å².